The Morgan fingerprint density at radius 2 is 1.83 bits per heavy atom. The van der Waals surface area contributed by atoms with Crippen LogP contribution in [0, 0.1) is 6.92 Å². The molecule has 0 amide bonds. The number of hydrogen-bond donors (Lipinski definition) is 1. The standard InChI is InChI=1S/C19H23NO3S/c1-14-4-6-15(7-5-14)13-20-24(21,22)17-8-9-18-16(12-17)10-11-19(2,3)23-18/h4-9,12,20H,10-11,13H2,1-3H3. The zero-order valence-electron chi connectivity index (χ0n) is 14.3. The lowest BCUT2D eigenvalue weighted by Crippen LogP contribution is -2.32. The van der Waals surface area contributed by atoms with Gasteiger partial charge >= 0.3 is 0 Å². The van der Waals surface area contributed by atoms with Gasteiger partial charge in [-0.2, -0.15) is 0 Å². The van der Waals surface area contributed by atoms with Crippen LogP contribution >= 0.6 is 0 Å². The summed E-state index contributed by atoms with van der Waals surface area (Å²) in [5.41, 5.74) is 2.84. The smallest absolute Gasteiger partial charge is 0.240 e. The molecule has 0 unspecified atom stereocenters. The van der Waals surface area contributed by atoms with Gasteiger partial charge in [-0.05, 0) is 62.9 Å². The van der Waals surface area contributed by atoms with E-state index >= 15 is 0 Å². The molecule has 24 heavy (non-hydrogen) atoms. The summed E-state index contributed by atoms with van der Waals surface area (Å²) < 4.78 is 33.6. The molecule has 0 aromatic heterocycles. The van der Waals surface area contributed by atoms with E-state index in [0.29, 0.717) is 0 Å². The van der Waals surface area contributed by atoms with Crippen LogP contribution in [0.5, 0.6) is 5.75 Å². The molecule has 5 heteroatoms. The van der Waals surface area contributed by atoms with Crippen molar-refractivity contribution in [3.05, 3.63) is 59.2 Å². The van der Waals surface area contributed by atoms with Crippen LogP contribution < -0.4 is 9.46 Å². The van der Waals surface area contributed by atoms with Gasteiger partial charge in [0, 0.05) is 6.54 Å². The quantitative estimate of drug-likeness (QED) is 0.921. The first-order chi connectivity index (χ1) is 11.3. The zero-order chi connectivity index (χ0) is 17.4. The van der Waals surface area contributed by atoms with Gasteiger partial charge in [-0.3, -0.25) is 0 Å². The Bertz CT molecular complexity index is 839. The third kappa shape index (κ3) is 3.79. The van der Waals surface area contributed by atoms with Gasteiger partial charge in [0.1, 0.15) is 11.4 Å². The largest absolute Gasteiger partial charge is 0.488 e. The molecule has 0 atom stereocenters. The highest BCUT2D eigenvalue weighted by Crippen LogP contribution is 2.34. The fourth-order valence-electron chi connectivity index (χ4n) is 2.77. The normalized spacial score (nSPS) is 16.3. The molecule has 1 aliphatic heterocycles. The second kappa shape index (κ2) is 6.22. The van der Waals surface area contributed by atoms with Gasteiger partial charge in [0.05, 0.1) is 4.90 Å². The van der Waals surface area contributed by atoms with Crippen LogP contribution in [-0.4, -0.2) is 14.0 Å². The third-order valence-corrected chi connectivity index (χ3v) is 5.71. The highest BCUT2D eigenvalue weighted by atomic mass is 32.2. The van der Waals surface area contributed by atoms with Gasteiger partial charge in [-0.15, -0.1) is 0 Å². The average molecular weight is 345 g/mol. The molecule has 2 aromatic rings. The van der Waals surface area contributed by atoms with Crippen molar-refractivity contribution >= 4 is 10.0 Å². The minimum Gasteiger partial charge on any atom is -0.488 e. The molecular weight excluding hydrogens is 322 g/mol. The number of benzene rings is 2. The number of sulfonamides is 1. The number of rotatable bonds is 4. The fraction of sp³-hybridized carbons (Fsp3) is 0.368. The van der Waals surface area contributed by atoms with Crippen molar-refractivity contribution in [2.75, 3.05) is 0 Å². The van der Waals surface area contributed by atoms with Crippen LogP contribution in [0.25, 0.3) is 0 Å². The van der Waals surface area contributed by atoms with Gasteiger partial charge in [-0.25, -0.2) is 13.1 Å². The maximum atomic E-state index is 12.5. The van der Waals surface area contributed by atoms with Crippen molar-refractivity contribution < 1.29 is 13.2 Å². The molecule has 4 nitrogen and oxygen atoms in total. The molecule has 0 bridgehead atoms. The summed E-state index contributed by atoms with van der Waals surface area (Å²) in [4.78, 5) is 0.289. The van der Waals surface area contributed by atoms with E-state index < -0.39 is 10.0 Å². The fourth-order valence-corrected chi connectivity index (χ4v) is 3.84. The minimum absolute atomic E-state index is 0.197. The van der Waals surface area contributed by atoms with Gasteiger partial charge < -0.3 is 4.74 Å². The lowest BCUT2D eigenvalue weighted by atomic mass is 9.94. The Kier molecular flexibility index (Phi) is 4.40. The molecule has 2 aromatic carbocycles. The zero-order valence-corrected chi connectivity index (χ0v) is 15.1. The Balaban J connectivity index is 1.76. The van der Waals surface area contributed by atoms with E-state index in [0.717, 1.165) is 35.3 Å². The van der Waals surface area contributed by atoms with E-state index in [-0.39, 0.29) is 17.0 Å². The Morgan fingerprint density at radius 1 is 1.12 bits per heavy atom. The van der Waals surface area contributed by atoms with E-state index in [9.17, 15) is 8.42 Å². The van der Waals surface area contributed by atoms with E-state index in [1.165, 1.54) is 0 Å². The van der Waals surface area contributed by atoms with Crippen molar-refractivity contribution in [1.29, 1.82) is 0 Å². The summed E-state index contributed by atoms with van der Waals surface area (Å²) in [6.07, 6.45) is 1.70. The molecule has 0 saturated carbocycles. The predicted molar refractivity (Wildman–Crippen MR) is 94.7 cm³/mol. The summed E-state index contributed by atoms with van der Waals surface area (Å²) >= 11 is 0. The molecule has 3 rings (SSSR count). The molecule has 1 N–H and O–H groups in total. The van der Waals surface area contributed by atoms with Gasteiger partial charge in [-0.1, -0.05) is 29.8 Å². The second-order valence-corrected chi connectivity index (χ2v) is 8.71. The van der Waals surface area contributed by atoms with Crippen LogP contribution in [0.15, 0.2) is 47.4 Å². The molecule has 1 heterocycles. The number of ether oxygens (including phenoxy) is 1. The van der Waals surface area contributed by atoms with Crippen molar-refractivity contribution in [3.8, 4) is 5.75 Å². The Labute approximate surface area is 143 Å². The number of fused-ring (bicyclic) bond motifs is 1. The summed E-state index contributed by atoms with van der Waals surface area (Å²) in [7, 11) is -3.54. The number of aryl methyl sites for hydroxylation is 2. The topological polar surface area (TPSA) is 55.4 Å². The molecule has 0 radical (unpaired) electrons. The number of nitrogens with one attached hydrogen (secondary N) is 1. The van der Waals surface area contributed by atoms with Crippen LogP contribution in [0.2, 0.25) is 0 Å². The van der Waals surface area contributed by atoms with Crippen LogP contribution in [0.1, 0.15) is 37.0 Å². The first-order valence-corrected chi connectivity index (χ1v) is 9.61. The van der Waals surface area contributed by atoms with Gasteiger partial charge in [0.25, 0.3) is 0 Å². The molecule has 128 valence electrons. The molecule has 0 saturated heterocycles. The Hall–Kier alpha value is -1.85. The first kappa shape index (κ1) is 17.0. The summed E-state index contributed by atoms with van der Waals surface area (Å²) in [6, 6.07) is 12.9. The minimum atomic E-state index is -3.54. The lowest BCUT2D eigenvalue weighted by molar-refractivity contribution is 0.0845. The SMILES string of the molecule is Cc1ccc(CNS(=O)(=O)c2ccc3c(c2)CCC(C)(C)O3)cc1. The maximum absolute atomic E-state index is 12.5. The van der Waals surface area contributed by atoms with E-state index in [4.69, 9.17) is 4.74 Å². The van der Waals surface area contributed by atoms with Crippen molar-refractivity contribution in [2.45, 2.75) is 50.7 Å². The molecule has 1 aliphatic rings. The second-order valence-electron chi connectivity index (χ2n) is 6.94. The first-order valence-electron chi connectivity index (χ1n) is 8.12. The van der Waals surface area contributed by atoms with Crippen molar-refractivity contribution in [1.82, 2.24) is 4.72 Å². The molecule has 0 spiro atoms. The van der Waals surface area contributed by atoms with Crippen LogP contribution in [0.4, 0.5) is 0 Å². The molecule has 0 fully saturated rings. The van der Waals surface area contributed by atoms with E-state index in [1.807, 2.05) is 45.0 Å². The Morgan fingerprint density at radius 3 is 2.54 bits per heavy atom. The molecule has 0 aliphatic carbocycles. The van der Waals surface area contributed by atoms with E-state index in [1.54, 1.807) is 18.2 Å². The maximum Gasteiger partial charge on any atom is 0.240 e. The highest BCUT2D eigenvalue weighted by Gasteiger charge is 2.27. The monoisotopic (exact) mass is 345 g/mol. The third-order valence-electron chi connectivity index (χ3n) is 4.31. The lowest BCUT2D eigenvalue weighted by Gasteiger charge is -2.32. The highest BCUT2D eigenvalue weighted by molar-refractivity contribution is 7.89. The van der Waals surface area contributed by atoms with Crippen molar-refractivity contribution in [3.63, 3.8) is 0 Å². The predicted octanol–water partition coefficient (Wildman–Crippen LogP) is 3.58. The summed E-state index contributed by atoms with van der Waals surface area (Å²) in [6.45, 7) is 6.38. The van der Waals surface area contributed by atoms with Gasteiger partial charge in [0.15, 0.2) is 0 Å². The van der Waals surface area contributed by atoms with Crippen LogP contribution in [-0.2, 0) is 23.0 Å². The molecular formula is C19H23NO3S. The van der Waals surface area contributed by atoms with Crippen molar-refractivity contribution in [2.24, 2.45) is 0 Å². The number of hydrogen-bond acceptors (Lipinski definition) is 3. The summed E-state index contributed by atoms with van der Waals surface area (Å²) in [5, 5.41) is 0. The summed E-state index contributed by atoms with van der Waals surface area (Å²) in [5.74, 6) is 0.781. The van der Waals surface area contributed by atoms with E-state index in [2.05, 4.69) is 4.72 Å². The average Bonchev–Trinajstić information content (AvgIpc) is 2.53. The van der Waals surface area contributed by atoms with Crippen LogP contribution in [0.3, 0.4) is 0 Å². The van der Waals surface area contributed by atoms with Gasteiger partial charge in [0.2, 0.25) is 10.0 Å².